The fraction of sp³-hybridized carbons (Fsp3) is 0.318. The molecule has 0 saturated carbocycles. The van der Waals surface area contributed by atoms with Crippen LogP contribution in [0, 0.1) is 13.8 Å². The lowest BCUT2D eigenvalue weighted by atomic mass is 10.0. The van der Waals surface area contributed by atoms with Crippen molar-refractivity contribution >= 4 is 23.2 Å². The lowest BCUT2D eigenvalue weighted by Gasteiger charge is -2.12. The summed E-state index contributed by atoms with van der Waals surface area (Å²) in [6, 6.07) is 16.0. The molecule has 0 heterocycles. The van der Waals surface area contributed by atoms with Gasteiger partial charge in [0, 0.05) is 29.6 Å². The number of aryl methyl sites for hydroxylation is 2. The summed E-state index contributed by atoms with van der Waals surface area (Å²) in [5.41, 5.74) is 5.03. The zero-order valence-corrected chi connectivity index (χ0v) is 16.2. The van der Waals surface area contributed by atoms with Crippen LogP contribution in [-0.2, 0) is 0 Å². The van der Waals surface area contributed by atoms with Gasteiger partial charge in [-0.2, -0.15) is 11.8 Å². The average molecular weight is 354 g/mol. The standard InChI is InChI=1S/C22H27NOS/c1-4-14-25-15-13-23-21(19-9-5-17(2)6-10-19)16-22(24)20-11-7-18(3)8-12-20/h5-12,16,23H,4,13-15H2,1-3H3/b21-16-. The van der Waals surface area contributed by atoms with Crippen molar-refractivity contribution < 1.29 is 4.79 Å². The van der Waals surface area contributed by atoms with Gasteiger partial charge in [-0.25, -0.2) is 0 Å². The van der Waals surface area contributed by atoms with E-state index in [2.05, 4.69) is 43.4 Å². The van der Waals surface area contributed by atoms with E-state index < -0.39 is 0 Å². The summed E-state index contributed by atoms with van der Waals surface area (Å²) in [4.78, 5) is 12.6. The molecule has 0 aliphatic heterocycles. The maximum absolute atomic E-state index is 12.6. The molecule has 25 heavy (non-hydrogen) atoms. The highest BCUT2D eigenvalue weighted by molar-refractivity contribution is 7.99. The zero-order chi connectivity index (χ0) is 18.1. The Kier molecular flexibility index (Phi) is 7.80. The van der Waals surface area contributed by atoms with E-state index in [1.807, 2.05) is 43.0 Å². The number of hydrogen-bond acceptors (Lipinski definition) is 3. The number of carbonyl (C=O) groups is 1. The molecule has 0 saturated heterocycles. The number of benzene rings is 2. The molecule has 0 aliphatic carbocycles. The SMILES string of the molecule is CCCSCCN/C(=C\C(=O)c1ccc(C)cc1)c1ccc(C)cc1. The molecule has 3 heteroatoms. The van der Waals surface area contributed by atoms with Crippen molar-refractivity contribution in [2.24, 2.45) is 0 Å². The van der Waals surface area contributed by atoms with Crippen LogP contribution in [-0.4, -0.2) is 23.8 Å². The summed E-state index contributed by atoms with van der Waals surface area (Å²) in [6.07, 6.45) is 2.91. The van der Waals surface area contributed by atoms with Crippen LogP contribution in [0.25, 0.3) is 5.70 Å². The van der Waals surface area contributed by atoms with Gasteiger partial charge in [0.15, 0.2) is 5.78 Å². The van der Waals surface area contributed by atoms with Crippen LogP contribution in [0.4, 0.5) is 0 Å². The molecule has 0 radical (unpaired) electrons. The third kappa shape index (κ3) is 6.43. The minimum Gasteiger partial charge on any atom is -0.384 e. The molecule has 0 fully saturated rings. The molecule has 1 N–H and O–H groups in total. The van der Waals surface area contributed by atoms with E-state index in [0.717, 1.165) is 34.7 Å². The largest absolute Gasteiger partial charge is 0.384 e. The van der Waals surface area contributed by atoms with Crippen molar-refractivity contribution in [2.45, 2.75) is 27.2 Å². The fourth-order valence-corrected chi connectivity index (χ4v) is 3.15. The molecule has 2 aromatic carbocycles. The van der Waals surface area contributed by atoms with Gasteiger partial charge in [0.25, 0.3) is 0 Å². The zero-order valence-electron chi connectivity index (χ0n) is 15.3. The summed E-state index contributed by atoms with van der Waals surface area (Å²) in [5.74, 6) is 2.24. The van der Waals surface area contributed by atoms with E-state index in [4.69, 9.17) is 0 Å². The van der Waals surface area contributed by atoms with Crippen molar-refractivity contribution in [1.29, 1.82) is 0 Å². The van der Waals surface area contributed by atoms with Gasteiger partial charge in [0.05, 0.1) is 0 Å². The van der Waals surface area contributed by atoms with Gasteiger partial charge < -0.3 is 5.32 Å². The van der Waals surface area contributed by atoms with Crippen LogP contribution >= 0.6 is 11.8 Å². The number of thioether (sulfide) groups is 1. The minimum atomic E-state index is 0.0317. The Hall–Kier alpha value is -2.00. The highest BCUT2D eigenvalue weighted by Crippen LogP contribution is 2.15. The molecule has 0 bridgehead atoms. The van der Waals surface area contributed by atoms with Gasteiger partial charge in [0.2, 0.25) is 0 Å². The summed E-state index contributed by atoms with van der Waals surface area (Å²) >= 11 is 1.94. The van der Waals surface area contributed by atoms with Gasteiger partial charge in [-0.15, -0.1) is 0 Å². The number of hydrogen-bond donors (Lipinski definition) is 1. The summed E-state index contributed by atoms with van der Waals surface area (Å²) < 4.78 is 0. The highest BCUT2D eigenvalue weighted by Gasteiger charge is 2.07. The quantitative estimate of drug-likeness (QED) is 0.379. The Balaban J connectivity index is 2.15. The molecule has 0 atom stereocenters. The molecule has 132 valence electrons. The highest BCUT2D eigenvalue weighted by atomic mass is 32.2. The molecule has 2 nitrogen and oxygen atoms in total. The van der Waals surface area contributed by atoms with Gasteiger partial charge >= 0.3 is 0 Å². The predicted molar refractivity (Wildman–Crippen MR) is 110 cm³/mol. The van der Waals surface area contributed by atoms with Crippen LogP contribution in [0.1, 0.15) is 40.4 Å². The topological polar surface area (TPSA) is 29.1 Å². The molecule has 0 amide bonds. The van der Waals surface area contributed by atoms with E-state index in [0.29, 0.717) is 0 Å². The summed E-state index contributed by atoms with van der Waals surface area (Å²) in [7, 11) is 0. The Morgan fingerprint density at radius 3 is 2.04 bits per heavy atom. The lowest BCUT2D eigenvalue weighted by Crippen LogP contribution is -2.17. The van der Waals surface area contributed by atoms with Crippen LogP contribution in [0.5, 0.6) is 0 Å². The summed E-state index contributed by atoms with van der Waals surface area (Å²) in [5, 5.41) is 3.45. The molecule has 2 rings (SSSR count). The normalized spacial score (nSPS) is 11.4. The van der Waals surface area contributed by atoms with E-state index in [-0.39, 0.29) is 5.78 Å². The summed E-state index contributed by atoms with van der Waals surface area (Å²) in [6.45, 7) is 7.14. The second-order valence-corrected chi connectivity index (χ2v) is 7.42. The number of carbonyl (C=O) groups excluding carboxylic acids is 1. The van der Waals surface area contributed by atoms with Crippen LogP contribution in [0.3, 0.4) is 0 Å². The van der Waals surface area contributed by atoms with Gasteiger partial charge in [0.1, 0.15) is 0 Å². The fourth-order valence-electron chi connectivity index (χ4n) is 2.41. The van der Waals surface area contributed by atoms with Gasteiger partial charge in [-0.05, 0) is 31.6 Å². The van der Waals surface area contributed by atoms with Crippen LogP contribution in [0.2, 0.25) is 0 Å². The van der Waals surface area contributed by atoms with Crippen LogP contribution < -0.4 is 5.32 Å². The van der Waals surface area contributed by atoms with Crippen molar-refractivity contribution in [3.63, 3.8) is 0 Å². The molecule has 0 spiro atoms. The first-order valence-corrected chi connectivity index (χ1v) is 9.97. The molecule has 0 aliphatic rings. The van der Waals surface area contributed by atoms with E-state index >= 15 is 0 Å². The predicted octanol–water partition coefficient (Wildman–Crippen LogP) is 5.26. The van der Waals surface area contributed by atoms with E-state index in [1.165, 1.54) is 17.7 Å². The lowest BCUT2D eigenvalue weighted by molar-refractivity contribution is 0.104. The number of rotatable bonds is 9. The number of nitrogens with one attached hydrogen (secondary N) is 1. The molecular formula is C22H27NOS. The van der Waals surface area contributed by atoms with E-state index in [1.54, 1.807) is 6.08 Å². The molecule has 0 unspecified atom stereocenters. The maximum atomic E-state index is 12.6. The smallest absolute Gasteiger partial charge is 0.187 e. The van der Waals surface area contributed by atoms with Crippen molar-refractivity contribution in [3.8, 4) is 0 Å². The third-order valence-corrected chi connectivity index (χ3v) is 5.07. The molecule has 0 aromatic heterocycles. The molecular weight excluding hydrogens is 326 g/mol. The van der Waals surface area contributed by atoms with Crippen molar-refractivity contribution in [2.75, 3.05) is 18.1 Å². The maximum Gasteiger partial charge on any atom is 0.187 e. The first kappa shape index (κ1) is 19.3. The second kappa shape index (κ2) is 10.1. The Morgan fingerprint density at radius 2 is 1.48 bits per heavy atom. The first-order chi connectivity index (χ1) is 12.1. The van der Waals surface area contributed by atoms with Gasteiger partial charge in [-0.1, -0.05) is 66.6 Å². The third-order valence-electron chi connectivity index (χ3n) is 3.88. The van der Waals surface area contributed by atoms with Gasteiger partial charge in [-0.3, -0.25) is 4.79 Å². The Bertz CT molecular complexity index is 702. The Morgan fingerprint density at radius 1 is 0.920 bits per heavy atom. The Labute approximate surface area is 155 Å². The van der Waals surface area contributed by atoms with Crippen molar-refractivity contribution in [3.05, 3.63) is 76.9 Å². The number of ketones is 1. The average Bonchev–Trinajstić information content (AvgIpc) is 2.61. The van der Waals surface area contributed by atoms with Crippen molar-refractivity contribution in [1.82, 2.24) is 5.32 Å². The van der Waals surface area contributed by atoms with E-state index in [9.17, 15) is 4.79 Å². The second-order valence-electron chi connectivity index (χ2n) is 6.19. The molecule has 2 aromatic rings. The monoisotopic (exact) mass is 353 g/mol. The first-order valence-electron chi connectivity index (χ1n) is 8.81. The van der Waals surface area contributed by atoms with Crippen LogP contribution in [0.15, 0.2) is 54.6 Å². The number of allylic oxidation sites excluding steroid dienone is 1. The minimum absolute atomic E-state index is 0.0317.